The van der Waals surface area contributed by atoms with E-state index in [2.05, 4.69) is 10.3 Å². The number of alkyl carbamates (subject to hydrolysis) is 1. The van der Waals surface area contributed by atoms with Crippen LogP contribution in [0.3, 0.4) is 0 Å². The number of ether oxygens (including phenoxy) is 2. The smallest absolute Gasteiger partial charge is 0.407 e. The Kier molecular flexibility index (Phi) is 6.18. The van der Waals surface area contributed by atoms with E-state index in [0.717, 1.165) is 23.3 Å². The van der Waals surface area contributed by atoms with Gasteiger partial charge in [-0.2, -0.15) is 0 Å². The van der Waals surface area contributed by atoms with Gasteiger partial charge in [-0.1, -0.05) is 18.2 Å². The molecule has 5 nitrogen and oxygen atoms in total. The number of aromatic nitrogens is 1. The second-order valence-corrected chi connectivity index (χ2v) is 6.47. The van der Waals surface area contributed by atoms with Gasteiger partial charge in [0.25, 0.3) is 0 Å². The Morgan fingerprint density at radius 2 is 1.88 bits per heavy atom. The molecule has 0 spiro atoms. The molecule has 0 fully saturated rings. The van der Waals surface area contributed by atoms with Gasteiger partial charge in [-0.15, -0.1) is 0 Å². The Hall–Kier alpha value is -2.56. The molecule has 128 valence electrons. The summed E-state index contributed by atoms with van der Waals surface area (Å²) in [6.07, 6.45) is 3.88. The molecule has 0 saturated carbocycles. The van der Waals surface area contributed by atoms with Crippen molar-refractivity contribution in [3.05, 3.63) is 59.9 Å². The molecule has 0 radical (unpaired) electrons. The predicted molar refractivity (Wildman–Crippen MR) is 93.0 cm³/mol. The fraction of sp³-hybridized carbons (Fsp3) is 0.368. The van der Waals surface area contributed by atoms with Crippen molar-refractivity contribution in [1.82, 2.24) is 10.3 Å². The Labute approximate surface area is 143 Å². The van der Waals surface area contributed by atoms with Crippen LogP contribution in [0.2, 0.25) is 0 Å². The minimum atomic E-state index is -0.475. The van der Waals surface area contributed by atoms with E-state index in [0.29, 0.717) is 13.2 Å². The zero-order valence-electron chi connectivity index (χ0n) is 14.4. The quantitative estimate of drug-likeness (QED) is 0.878. The largest absolute Gasteiger partial charge is 0.489 e. The number of amides is 1. The van der Waals surface area contributed by atoms with Crippen LogP contribution in [0.1, 0.15) is 31.9 Å². The van der Waals surface area contributed by atoms with E-state index < -0.39 is 5.60 Å². The van der Waals surface area contributed by atoms with Crippen molar-refractivity contribution in [2.24, 2.45) is 0 Å². The molecule has 0 aliphatic carbocycles. The third-order valence-electron chi connectivity index (χ3n) is 3.13. The van der Waals surface area contributed by atoms with Gasteiger partial charge in [0.2, 0.25) is 0 Å². The van der Waals surface area contributed by atoms with Crippen LogP contribution in [-0.4, -0.2) is 23.2 Å². The van der Waals surface area contributed by atoms with Crippen molar-refractivity contribution in [3.8, 4) is 5.75 Å². The van der Waals surface area contributed by atoms with Gasteiger partial charge in [0.05, 0.1) is 0 Å². The summed E-state index contributed by atoms with van der Waals surface area (Å²) in [6, 6.07) is 11.7. The summed E-state index contributed by atoms with van der Waals surface area (Å²) in [5.41, 5.74) is 1.68. The number of hydrogen-bond donors (Lipinski definition) is 1. The van der Waals surface area contributed by atoms with Crippen molar-refractivity contribution >= 4 is 6.09 Å². The number of hydrogen-bond acceptors (Lipinski definition) is 4. The summed E-state index contributed by atoms with van der Waals surface area (Å²) < 4.78 is 10.9. The number of nitrogens with one attached hydrogen (secondary N) is 1. The monoisotopic (exact) mass is 328 g/mol. The fourth-order valence-electron chi connectivity index (χ4n) is 2.03. The van der Waals surface area contributed by atoms with Crippen molar-refractivity contribution in [2.45, 2.75) is 39.4 Å². The highest BCUT2D eigenvalue weighted by atomic mass is 16.6. The van der Waals surface area contributed by atoms with Crippen LogP contribution in [0.4, 0.5) is 4.79 Å². The molecule has 1 aromatic carbocycles. The van der Waals surface area contributed by atoms with E-state index in [1.165, 1.54) is 0 Å². The summed E-state index contributed by atoms with van der Waals surface area (Å²) in [7, 11) is 0. The number of rotatable bonds is 6. The van der Waals surface area contributed by atoms with Gasteiger partial charge in [0, 0.05) is 24.5 Å². The number of pyridine rings is 1. The van der Waals surface area contributed by atoms with Gasteiger partial charge in [-0.05, 0) is 51.0 Å². The molecule has 1 N–H and O–H groups in total. The third kappa shape index (κ3) is 6.69. The Morgan fingerprint density at radius 1 is 1.12 bits per heavy atom. The van der Waals surface area contributed by atoms with Crippen molar-refractivity contribution < 1.29 is 14.3 Å². The molecule has 0 aliphatic heterocycles. The van der Waals surface area contributed by atoms with Crippen LogP contribution in [0.15, 0.2) is 48.8 Å². The van der Waals surface area contributed by atoms with E-state index in [1.807, 2.05) is 57.2 Å². The number of carbonyl (C=O) groups excluding carboxylic acids is 1. The summed E-state index contributed by atoms with van der Waals surface area (Å²) >= 11 is 0. The molecule has 0 bridgehead atoms. The van der Waals surface area contributed by atoms with E-state index in [1.54, 1.807) is 12.4 Å². The maximum atomic E-state index is 11.6. The molecule has 2 rings (SSSR count). The minimum absolute atomic E-state index is 0.390. The lowest BCUT2D eigenvalue weighted by Crippen LogP contribution is -2.33. The first-order chi connectivity index (χ1) is 11.4. The Balaban J connectivity index is 1.73. The van der Waals surface area contributed by atoms with Crippen LogP contribution in [0.5, 0.6) is 5.75 Å². The summed E-state index contributed by atoms with van der Waals surface area (Å²) in [4.78, 5) is 15.6. The second-order valence-electron chi connectivity index (χ2n) is 6.47. The molecule has 1 heterocycles. The lowest BCUT2D eigenvalue weighted by atomic mass is 10.1. The van der Waals surface area contributed by atoms with Crippen LogP contribution in [0.25, 0.3) is 0 Å². The molecule has 1 amide bonds. The zero-order valence-corrected chi connectivity index (χ0v) is 14.4. The first-order valence-electron chi connectivity index (χ1n) is 8.00. The van der Waals surface area contributed by atoms with E-state index >= 15 is 0 Å². The molecular formula is C19H24N2O3. The zero-order chi connectivity index (χ0) is 17.4. The van der Waals surface area contributed by atoms with Gasteiger partial charge >= 0.3 is 6.09 Å². The fourth-order valence-corrected chi connectivity index (χ4v) is 2.03. The topological polar surface area (TPSA) is 60.5 Å². The first kappa shape index (κ1) is 17.8. The highest BCUT2D eigenvalue weighted by Crippen LogP contribution is 2.14. The average molecular weight is 328 g/mol. The van der Waals surface area contributed by atoms with Crippen LogP contribution >= 0.6 is 0 Å². The summed E-state index contributed by atoms with van der Waals surface area (Å²) in [5.74, 6) is 0.808. The van der Waals surface area contributed by atoms with Crippen LogP contribution < -0.4 is 10.1 Å². The van der Waals surface area contributed by atoms with Crippen molar-refractivity contribution in [1.29, 1.82) is 0 Å². The molecule has 24 heavy (non-hydrogen) atoms. The van der Waals surface area contributed by atoms with Crippen LogP contribution in [0, 0.1) is 0 Å². The van der Waals surface area contributed by atoms with Gasteiger partial charge < -0.3 is 14.8 Å². The molecule has 0 saturated heterocycles. The van der Waals surface area contributed by atoms with Crippen molar-refractivity contribution in [3.63, 3.8) is 0 Å². The maximum absolute atomic E-state index is 11.6. The number of nitrogens with zero attached hydrogens (tertiary/aromatic N) is 1. The lowest BCUT2D eigenvalue weighted by molar-refractivity contribution is 0.0528. The highest BCUT2D eigenvalue weighted by Gasteiger charge is 2.15. The first-order valence-corrected chi connectivity index (χ1v) is 8.00. The molecule has 1 aromatic heterocycles. The molecule has 5 heteroatoms. The molecule has 0 atom stereocenters. The predicted octanol–water partition coefficient (Wildman–Crippen LogP) is 3.73. The number of carbonyl (C=O) groups is 1. The summed E-state index contributed by atoms with van der Waals surface area (Å²) in [6.45, 7) is 6.56. The highest BCUT2D eigenvalue weighted by molar-refractivity contribution is 5.67. The van der Waals surface area contributed by atoms with E-state index in [4.69, 9.17) is 9.47 Å². The number of benzene rings is 1. The molecule has 0 aliphatic rings. The van der Waals surface area contributed by atoms with Gasteiger partial charge in [0.15, 0.2) is 0 Å². The molecule has 2 aromatic rings. The standard InChI is InChI=1S/C19H24N2O3/c1-19(2,3)24-18(22)21-12-10-15-6-8-17(9-7-15)23-14-16-5-4-11-20-13-16/h4-9,11,13H,10,12,14H2,1-3H3,(H,21,22). The minimum Gasteiger partial charge on any atom is -0.489 e. The Morgan fingerprint density at radius 3 is 2.50 bits per heavy atom. The van der Waals surface area contributed by atoms with Crippen LogP contribution in [-0.2, 0) is 17.8 Å². The van der Waals surface area contributed by atoms with Crippen molar-refractivity contribution in [2.75, 3.05) is 6.54 Å². The average Bonchev–Trinajstić information content (AvgIpc) is 2.53. The molecule has 0 unspecified atom stereocenters. The van der Waals surface area contributed by atoms with E-state index in [-0.39, 0.29) is 6.09 Å². The normalized spacial score (nSPS) is 11.0. The lowest BCUT2D eigenvalue weighted by Gasteiger charge is -2.19. The molecular weight excluding hydrogens is 304 g/mol. The van der Waals surface area contributed by atoms with Gasteiger partial charge in [-0.25, -0.2) is 4.79 Å². The Bertz CT molecular complexity index is 634. The SMILES string of the molecule is CC(C)(C)OC(=O)NCCc1ccc(OCc2cccnc2)cc1. The third-order valence-corrected chi connectivity index (χ3v) is 3.13. The van der Waals surface area contributed by atoms with Gasteiger partial charge in [-0.3, -0.25) is 4.98 Å². The van der Waals surface area contributed by atoms with E-state index in [9.17, 15) is 4.79 Å². The second kappa shape index (κ2) is 8.34. The summed E-state index contributed by atoms with van der Waals surface area (Å²) in [5, 5.41) is 2.75. The van der Waals surface area contributed by atoms with Gasteiger partial charge in [0.1, 0.15) is 18.0 Å². The maximum Gasteiger partial charge on any atom is 0.407 e.